The van der Waals surface area contributed by atoms with E-state index >= 15 is 0 Å². The van der Waals surface area contributed by atoms with E-state index in [-0.39, 0.29) is 0 Å². The summed E-state index contributed by atoms with van der Waals surface area (Å²) in [6, 6.07) is 9.82. The number of phenolic OH excluding ortho intramolecular Hbond substituents is 1. The molecule has 0 radical (unpaired) electrons. The molecular formula is C15H15Br2NO. The fourth-order valence-corrected chi connectivity index (χ4v) is 3.17. The van der Waals surface area contributed by atoms with E-state index in [0.29, 0.717) is 12.3 Å². The molecule has 0 bridgehead atoms. The SMILES string of the molecule is Cc1cc(Br)cc(C)c1NCc1cccc(Br)c1O. The van der Waals surface area contributed by atoms with E-state index in [1.807, 2.05) is 18.2 Å². The summed E-state index contributed by atoms with van der Waals surface area (Å²) < 4.78 is 1.80. The normalized spacial score (nSPS) is 10.5. The summed E-state index contributed by atoms with van der Waals surface area (Å²) in [5.74, 6) is 0.294. The molecule has 0 amide bonds. The van der Waals surface area contributed by atoms with E-state index in [1.54, 1.807) is 0 Å². The van der Waals surface area contributed by atoms with Crippen molar-refractivity contribution in [3.63, 3.8) is 0 Å². The van der Waals surface area contributed by atoms with Gasteiger partial charge in [0.25, 0.3) is 0 Å². The molecule has 0 unspecified atom stereocenters. The molecule has 0 spiro atoms. The van der Waals surface area contributed by atoms with Crippen LogP contribution in [0.25, 0.3) is 0 Å². The topological polar surface area (TPSA) is 32.3 Å². The molecule has 2 nitrogen and oxygen atoms in total. The average molecular weight is 385 g/mol. The summed E-state index contributed by atoms with van der Waals surface area (Å²) >= 11 is 6.82. The van der Waals surface area contributed by atoms with Gasteiger partial charge in [-0.25, -0.2) is 0 Å². The van der Waals surface area contributed by atoms with Crippen LogP contribution in [0.15, 0.2) is 39.3 Å². The highest BCUT2D eigenvalue weighted by Gasteiger charge is 2.07. The maximum Gasteiger partial charge on any atom is 0.134 e. The lowest BCUT2D eigenvalue weighted by Gasteiger charge is -2.14. The molecule has 0 aliphatic rings. The van der Waals surface area contributed by atoms with Gasteiger partial charge in [-0.15, -0.1) is 0 Å². The number of aryl methyl sites for hydroxylation is 2. The molecule has 2 aromatic rings. The Balaban J connectivity index is 2.22. The molecule has 2 rings (SSSR count). The van der Waals surface area contributed by atoms with Gasteiger partial charge in [-0.05, 0) is 59.1 Å². The molecule has 0 saturated carbocycles. The lowest BCUT2D eigenvalue weighted by atomic mass is 10.1. The zero-order chi connectivity index (χ0) is 14.0. The van der Waals surface area contributed by atoms with E-state index in [2.05, 4.69) is 63.2 Å². The summed E-state index contributed by atoms with van der Waals surface area (Å²) in [4.78, 5) is 0. The van der Waals surface area contributed by atoms with Crippen LogP contribution in [-0.4, -0.2) is 5.11 Å². The van der Waals surface area contributed by atoms with Crippen LogP contribution < -0.4 is 5.32 Å². The number of aromatic hydroxyl groups is 1. The van der Waals surface area contributed by atoms with Crippen molar-refractivity contribution in [1.29, 1.82) is 0 Å². The number of hydrogen-bond acceptors (Lipinski definition) is 2. The molecule has 2 aromatic carbocycles. The van der Waals surface area contributed by atoms with Crippen molar-refractivity contribution < 1.29 is 5.11 Å². The van der Waals surface area contributed by atoms with Gasteiger partial charge in [0.15, 0.2) is 0 Å². The molecule has 0 aliphatic carbocycles. The quantitative estimate of drug-likeness (QED) is 0.767. The summed E-state index contributed by atoms with van der Waals surface area (Å²) in [6.45, 7) is 4.73. The second kappa shape index (κ2) is 5.97. The van der Waals surface area contributed by atoms with Crippen LogP contribution >= 0.6 is 31.9 Å². The van der Waals surface area contributed by atoms with Crippen LogP contribution in [0, 0.1) is 13.8 Å². The van der Waals surface area contributed by atoms with E-state index in [9.17, 15) is 5.11 Å². The Morgan fingerprint density at radius 1 is 1.11 bits per heavy atom. The zero-order valence-corrected chi connectivity index (χ0v) is 14.0. The Kier molecular flexibility index (Phi) is 4.53. The first-order valence-corrected chi connectivity index (χ1v) is 7.54. The second-order valence-electron chi connectivity index (χ2n) is 4.52. The fraction of sp³-hybridized carbons (Fsp3) is 0.200. The molecule has 0 aliphatic heterocycles. The molecule has 0 atom stereocenters. The summed E-state index contributed by atoms with van der Waals surface area (Å²) in [6.07, 6.45) is 0. The van der Waals surface area contributed by atoms with Gasteiger partial charge in [0.05, 0.1) is 4.47 Å². The molecule has 4 heteroatoms. The largest absolute Gasteiger partial charge is 0.506 e. The van der Waals surface area contributed by atoms with Crippen molar-refractivity contribution in [2.75, 3.05) is 5.32 Å². The minimum atomic E-state index is 0.294. The van der Waals surface area contributed by atoms with Gasteiger partial charge in [-0.1, -0.05) is 28.1 Å². The minimum Gasteiger partial charge on any atom is -0.506 e. The van der Waals surface area contributed by atoms with Gasteiger partial charge in [-0.3, -0.25) is 0 Å². The molecule has 0 saturated heterocycles. The number of para-hydroxylation sites is 1. The van der Waals surface area contributed by atoms with Crippen LogP contribution in [0.5, 0.6) is 5.75 Å². The van der Waals surface area contributed by atoms with Gasteiger partial charge in [0, 0.05) is 22.3 Å². The monoisotopic (exact) mass is 383 g/mol. The average Bonchev–Trinajstić information content (AvgIpc) is 2.33. The Bertz CT molecular complexity index is 588. The van der Waals surface area contributed by atoms with Crippen LogP contribution in [0.1, 0.15) is 16.7 Å². The number of anilines is 1. The van der Waals surface area contributed by atoms with Gasteiger partial charge in [0.2, 0.25) is 0 Å². The lowest BCUT2D eigenvalue weighted by molar-refractivity contribution is 0.465. The van der Waals surface area contributed by atoms with Gasteiger partial charge < -0.3 is 10.4 Å². The molecule has 19 heavy (non-hydrogen) atoms. The number of benzene rings is 2. The summed E-state index contributed by atoms with van der Waals surface area (Å²) in [5, 5.41) is 13.4. The molecule has 2 N–H and O–H groups in total. The Hall–Kier alpha value is -1.00. The smallest absolute Gasteiger partial charge is 0.134 e. The number of hydrogen-bond donors (Lipinski definition) is 2. The van der Waals surface area contributed by atoms with E-state index in [0.717, 1.165) is 20.2 Å². The zero-order valence-electron chi connectivity index (χ0n) is 10.8. The maximum atomic E-state index is 9.96. The molecule has 0 aromatic heterocycles. The van der Waals surface area contributed by atoms with Gasteiger partial charge >= 0.3 is 0 Å². The Morgan fingerprint density at radius 3 is 2.37 bits per heavy atom. The van der Waals surface area contributed by atoms with E-state index in [1.165, 1.54) is 11.1 Å². The van der Waals surface area contributed by atoms with Crippen molar-refractivity contribution in [2.24, 2.45) is 0 Å². The van der Waals surface area contributed by atoms with Crippen molar-refractivity contribution in [3.8, 4) is 5.75 Å². The third-order valence-electron chi connectivity index (χ3n) is 3.02. The van der Waals surface area contributed by atoms with Crippen LogP contribution in [-0.2, 0) is 6.54 Å². The number of rotatable bonds is 3. The van der Waals surface area contributed by atoms with Crippen LogP contribution in [0.3, 0.4) is 0 Å². The number of phenols is 1. The number of halogens is 2. The van der Waals surface area contributed by atoms with Gasteiger partial charge in [-0.2, -0.15) is 0 Å². The molecular weight excluding hydrogens is 370 g/mol. The number of nitrogens with one attached hydrogen (secondary N) is 1. The fourth-order valence-electron chi connectivity index (χ4n) is 2.08. The van der Waals surface area contributed by atoms with Crippen molar-refractivity contribution in [3.05, 3.63) is 56.0 Å². The highest BCUT2D eigenvalue weighted by Crippen LogP contribution is 2.30. The molecule has 100 valence electrons. The highest BCUT2D eigenvalue weighted by molar-refractivity contribution is 9.10. The Labute approximate surface area is 130 Å². The molecule has 0 heterocycles. The standard InChI is InChI=1S/C15H15Br2NO/c1-9-6-12(16)7-10(2)14(9)18-8-11-4-3-5-13(17)15(11)19/h3-7,18-19H,8H2,1-2H3. The van der Waals surface area contributed by atoms with E-state index < -0.39 is 0 Å². The third-order valence-corrected chi connectivity index (χ3v) is 4.12. The first kappa shape index (κ1) is 14.4. The first-order valence-electron chi connectivity index (χ1n) is 5.96. The first-order chi connectivity index (χ1) is 8.99. The lowest BCUT2D eigenvalue weighted by Crippen LogP contribution is -2.03. The van der Waals surface area contributed by atoms with E-state index in [4.69, 9.17) is 0 Å². The molecule has 0 fully saturated rings. The third kappa shape index (κ3) is 3.31. The minimum absolute atomic E-state index is 0.294. The van der Waals surface area contributed by atoms with Crippen molar-refractivity contribution >= 4 is 37.5 Å². The van der Waals surface area contributed by atoms with Crippen molar-refractivity contribution in [1.82, 2.24) is 0 Å². The van der Waals surface area contributed by atoms with Crippen LogP contribution in [0.4, 0.5) is 5.69 Å². The van der Waals surface area contributed by atoms with Gasteiger partial charge in [0.1, 0.15) is 5.75 Å². The maximum absolute atomic E-state index is 9.96. The highest BCUT2D eigenvalue weighted by atomic mass is 79.9. The second-order valence-corrected chi connectivity index (χ2v) is 6.29. The Morgan fingerprint density at radius 2 is 1.74 bits per heavy atom. The van der Waals surface area contributed by atoms with Crippen LogP contribution in [0.2, 0.25) is 0 Å². The predicted molar refractivity (Wildman–Crippen MR) is 86.7 cm³/mol. The summed E-state index contributed by atoms with van der Waals surface area (Å²) in [5.41, 5.74) is 4.35. The predicted octanol–water partition coefficient (Wildman–Crippen LogP) is 5.15. The summed E-state index contributed by atoms with van der Waals surface area (Å²) in [7, 11) is 0. The van der Waals surface area contributed by atoms with Crippen molar-refractivity contribution in [2.45, 2.75) is 20.4 Å².